The van der Waals surface area contributed by atoms with Gasteiger partial charge in [0.1, 0.15) is 17.3 Å². The molecule has 174 valence electrons. The maximum Gasteiger partial charge on any atom is 0.263 e. The SMILES string of the molecule is CCOc1cccc(N2C(=O)/C(=C/c3ccc(-c4cc(Cl)ccc4Cl)o3)C=C2c2ccccc2)c1. The molecular weight excluding hydrogens is 481 g/mol. The molecule has 0 spiro atoms. The van der Waals surface area contributed by atoms with E-state index in [4.69, 9.17) is 32.4 Å². The van der Waals surface area contributed by atoms with Gasteiger partial charge in [0.05, 0.1) is 23.0 Å². The first-order chi connectivity index (χ1) is 17.0. The average Bonchev–Trinajstić information content (AvgIpc) is 3.46. The van der Waals surface area contributed by atoms with E-state index in [1.807, 2.05) is 73.7 Å². The lowest BCUT2D eigenvalue weighted by molar-refractivity contribution is -0.113. The first-order valence-electron chi connectivity index (χ1n) is 11.1. The normalized spacial score (nSPS) is 14.5. The van der Waals surface area contributed by atoms with Gasteiger partial charge in [0, 0.05) is 22.2 Å². The van der Waals surface area contributed by atoms with Crippen molar-refractivity contribution in [1.29, 1.82) is 0 Å². The molecule has 0 aliphatic carbocycles. The number of carbonyl (C=O) groups excluding carboxylic acids is 1. The Labute approximate surface area is 213 Å². The summed E-state index contributed by atoms with van der Waals surface area (Å²) in [5, 5.41) is 1.10. The number of hydrogen-bond acceptors (Lipinski definition) is 3. The summed E-state index contributed by atoms with van der Waals surface area (Å²) in [4.78, 5) is 15.3. The van der Waals surface area contributed by atoms with Crippen molar-refractivity contribution in [2.24, 2.45) is 0 Å². The minimum Gasteiger partial charge on any atom is -0.494 e. The van der Waals surface area contributed by atoms with Gasteiger partial charge >= 0.3 is 0 Å². The van der Waals surface area contributed by atoms with Gasteiger partial charge in [-0.3, -0.25) is 9.69 Å². The zero-order valence-electron chi connectivity index (χ0n) is 18.9. The fourth-order valence-corrected chi connectivity index (χ4v) is 4.37. The van der Waals surface area contributed by atoms with Gasteiger partial charge in [-0.2, -0.15) is 0 Å². The van der Waals surface area contributed by atoms with E-state index >= 15 is 0 Å². The van der Waals surface area contributed by atoms with E-state index in [1.54, 1.807) is 35.2 Å². The topological polar surface area (TPSA) is 42.7 Å². The fraction of sp³-hybridized carbons (Fsp3) is 0.0690. The van der Waals surface area contributed by atoms with E-state index < -0.39 is 0 Å². The minimum atomic E-state index is -0.156. The van der Waals surface area contributed by atoms with Gasteiger partial charge in [-0.05, 0) is 67.1 Å². The van der Waals surface area contributed by atoms with E-state index in [9.17, 15) is 4.79 Å². The van der Waals surface area contributed by atoms with Crippen molar-refractivity contribution in [1.82, 2.24) is 0 Å². The highest BCUT2D eigenvalue weighted by atomic mass is 35.5. The van der Waals surface area contributed by atoms with Gasteiger partial charge in [-0.1, -0.05) is 59.6 Å². The molecule has 6 heteroatoms. The first kappa shape index (κ1) is 23.0. The lowest BCUT2D eigenvalue weighted by Gasteiger charge is -2.21. The van der Waals surface area contributed by atoms with Crippen LogP contribution in [0.1, 0.15) is 18.2 Å². The summed E-state index contributed by atoms with van der Waals surface area (Å²) in [7, 11) is 0. The van der Waals surface area contributed by atoms with Crippen molar-refractivity contribution in [3.63, 3.8) is 0 Å². The second-order valence-corrected chi connectivity index (χ2v) is 8.74. The molecule has 2 heterocycles. The number of benzene rings is 3. The summed E-state index contributed by atoms with van der Waals surface area (Å²) in [6.07, 6.45) is 3.61. The maximum absolute atomic E-state index is 13.6. The van der Waals surface area contributed by atoms with Crippen LogP contribution in [0.3, 0.4) is 0 Å². The largest absolute Gasteiger partial charge is 0.494 e. The Hall–Kier alpha value is -3.73. The Bertz CT molecular complexity index is 1450. The van der Waals surface area contributed by atoms with Crippen molar-refractivity contribution in [3.05, 3.63) is 118 Å². The first-order valence-corrected chi connectivity index (χ1v) is 11.9. The predicted molar refractivity (Wildman–Crippen MR) is 142 cm³/mol. The van der Waals surface area contributed by atoms with E-state index in [2.05, 4.69) is 0 Å². The molecule has 35 heavy (non-hydrogen) atoms. The monoisotopic (exact) mass is 501 g/mol. The van der Waals surface area contributed by atoms with Crippen molar-refractivity contribution in [2.75, 3.05) is 11.5 Å². The molecule has 0 radical (unpaired) electrons. The van der Waals surface area contributed by atoms with Crippen LogP contribution in [0.4, 0.5) is 5.69 Å². The van der Waals surface area contributed by atoms with Crippen LogP contribution in [0.2, 0.25) is 10.0 Å². The highest BCUT2D eigenvalue weighted by molar-refractivity contribution is 6.35. The summed E-state index contributed by atoms with van der Waals surface area (Å²) in [5.41, 5.74) is 3.63. The van der Waals surface area contributed by atoms with Gasteiger partial charge in [0.15, 0.2) is 0 Å². The van der Waals surface area contributed by atoms with Gasteiger partial charge < -0.3 is 9.15 Å². The molecule has 0 atom stereocenters. The number of anilines is 1. The number of carbonyl (C=O) groups is 1. The molecule has 3 aromatic carbocycles. The van der Waals surface area contributed by atoms with Crippen LogP contribution in [-0.2, 0) is 4.79 Å². The van der Waals surface area contributed by atoms with Crippen LogP contribution < -0.4 is 9.64 Å². The number of halogens is 2. The maximum atomic E-state index is 13.6. The number of nitrogens with zero attached hydrogens (tertiary/aromatic N) is 1. The second kappa shape index (κ2) is 9.87. The molecule has 1 aliphatic heterocycles. The van der Waals surface area contributed by atoms with Crippen molar-refractivity contribution in [3.8, 4) is 17.1 Å². The third kappa shape index (κ3) is 4.76. The zero-order chi connectivity index (χ0) is 24.4. The zero-order valence-corrected chi connectivity index (χ0v) is 20.4. The summed E-state index contributed by atoms with van der Waals surface area (Å²) < 4.78 is 11.7. The number of hydrogen-bond donors (Lipinski definition) is 0. The summed E-state index contributed by atoms with van der Waals surface area (Å²) in [6.45, 7) is 2.47. The molecular formula is C29H21Cl2NO3. The standard InChI is InChI=1S/C29H21Cl2NO3/c1-2-34-23-10-6-9-22(18-23)32-27(19-7-4-3-5-8-19)16-20(29(32)33)15-24-12-14-28(35-24)25-17-21(30)11-13-26(25)31/h3-18H,2H2,1H3/b20-15+. The van der Waals surface area contributed by atoms with Crippen LogP contribution >= 0.6 is 23.2 Å². The molecule has 0 bridgehead atoms. The molecule has 4 aromatic rings. The molecule has 0 saturated heterocycles. The Kier molecular flexibility index (Phi) is 6.49. The molecule has 1 aromatic heterocycles. The number of rotatable bonds is 6. The Morgan fingerprint density at radius 2 is 1.77 bits per heavy atom. The smallest absolute Gasteiger partial charge is 0.263 e. The van der Waals surface area contributed by atoms with E-state index in [0.29, 0.717) is 45.1 Å². The molecule has 0 saturated carbocycles. The van der Waals surface area contributed by atoms with Crippen LogP contribution in [0.25, 0.3) is 23.1 Å². The molecule has 4 nitrogen and oxygen atoms in total. The van der Waals surface area contributed by atoms with Gasteiger partial charge in [0.2, 0.25) is 0 Å². The Balaban J connectivity index is 1.54. The highest BCUT2D eigenvalue weighted by Gasteiger charge is 2.31. The van der Waals surface area contributed by atoms with Crippen molar-refractivity contribution in [2.45, 2.75) is 6.92 Å². The van der Waals surface area contributed by atoms with Gasteiger partial charge in [-0.25, -0.2) is 0 Å². The number of amides is 1. The quantitative estimate of drug-likeness (QED) is 0.250. The van der Waals surface area contributed by atoms with Crippen LogP contribution in [0.5, 0.6) is 5.75 Å². The molecule has 5 rings (SSSR count). The third-order valence-corrected chi connectivity index (χ3v) is 6.12. The summed E-state index contributed by atoms with van der Waals surface area (Å²) in [5.74, 6) is 1.66. The van der Waals surface area contributed by atoms with Crippen LogP contribution in [-0.4, -0.2) is 12.5 Å². The summed E-state index contributed by atoms with van der Waals surface area (Å²) >= 11 is 12.5. The lowest BCUT2D eigenvalue weighted by atomic mass is 10.1. The fourth-order valence-electron chi connectivity index (χ4n) is 3.99. The lowest BCUT2D eigenvalue weighted by Crippen LogP contribution is -2.24. The van der Waals surface area contributed by atoms with Crippen molar-refractivity contribution < 1.29 is 13.9 Å². The molecule has 0 N–H and O–H groups in total. The number of ether oxygens (including phenoxy) is 1. The van der Waals surface area contributed by atoms with E-state index in [1.165, 1.54) is 0 Å². The third-order valence-electron chi connectivity index (χ3n) is 5.56. The number of furan rings is 1. The molecule has 1 amide bonds. The van der Waals surface area contributed by atoms with E-state index in [0.717, 1.165) is 16.9 Å². The Morgan fingerprint density at radius 3 is 2.57 bits per heavy atom. The minimum absolute atomic E-state index is 0.156. The van der Waals surface area contributed by atoms with Crippen molar-refractivity contribution >= 4 is 46.6 Å². The van der Waals surface area contributed by atoms with Gasteiger partial charge in [0.25, 0.3) is 5.91 Å². The van der Waals surface area contributed by atoms with Gasteiger partial charge in [-0.15, -0.1) is 0 Å². The molecule has 0 fully saturated rings. The second-order valence-electron chi connectivity index (χ2n) is 7.89. The highest BCUT2D eigenvalue weighted by Crippen LogP contribution is 2.37. The van der Waals surface area contributed by atoms with E-state index in [-0.39, 0.29) is 5.91 Å². The molecule has 1 aliphatic rings. The molecule has 0 unspecified atom stereocenters. The predicted octanol–water partition coefficient (Wildman–Crippen LogP) is 8.12. The van der Waals surface area contributed by atoms with Crippen LogP contribution in [0.15, 0.2) is 101 Å². The summed E-state index contributed by atoms with van der Waals surface area (Å²) in [6, 6.07) is 26.1. The Morgan fingerprint density at radius 1 is 0.943 bits per heavy atom. The van der Waals surface area contributed by atoms with Crippen LogP contribution in [0, 0.1) is 0 Å². The average molecular weight is 502 g/mol.